The minimum atomic E-state index is 0.0177. The van der Waals surface area contributed by atoms with Gasteiger partial charge in [-0.2, -0.15) is 0 Å². The Hall–Kier alpha value is -3.31. The van der Waals surface area contributed by atoms with Gasteiger partial charge in [0.2, 0.25) is 5.91 Å². The van der Waals surface area contributed by atoms with Gasteiger partial charge in [0.1, 0.15) is 11.6 Å². The summed E-state index contributed by atoms with van der Waals surface area (Å²) in [4.78, 5) is 17.1. The summed E-state index contributed by atoms with van der Waals surface area (Å²) in [5.74, 6) is 1.96. The second-order valence-corrected chi connectivity index (χ2v) is 8.88. The van der Waals surface area contributed by atoms with Gasteiger partial charge in [0.25, 0.3) is 0 Å². The monoisotopic (exact) mass is 475 g/mol. The molecule has 1 aromatic heterocycles. The largest absolute Gasteiger partial charge is 0.494 e. The highest BCUT2D eigenvalue weighted by molar-refractivity contribution is 6.30. The number of carbonyl (C=O) groups excluding carboxylic acids is 1. The van der Waals surface area contributed by atoms with Crippen LogP contribution in [0.25, 0.3) is 11.0 Å². The first-order valence-electron chi connectivity index (χ1n) is 11.7. The van der Waals surface area contributed by atoms with E-state index in [1.807, 2.05) is 42.5 Å². The lowest BCUT2D eigenvalue weighted by Crippen LogP contribution is -2.26. The molecule has 0 aliphatic carbocycles. The summed E-state index contributed by atoms with van der Waals surface area (Å²) in [5.41, 5.74) is 4.32. The van der Waals surface area contributed by atoms with Gasteiger partial charge in [-0.25, -0.2) is 4.98 Å². The number of hydrogen-bond donors (Lipinski definition) is 1. The second kappa shape index (κ2) is 11.7. The van der Waals surface area contributed by atoms with E-state index >= 15 is 0 Å². The van der Waals surface area contributed by atoms with Crippen LogP contribution in [0.3, 0.4) is 0 Å². The van der Waals surface area contributed by atoms with Gasteiger partial charge in [-0.3, -0.25) is 4.79 Å². The predicted molar refractivity (Wildman–Crippen MR) is 138 cm³/mol. The second-order valence-electron chi connectivity index (χ2n) is 8.44. The molecule has 4 rings (SSSR count). The topological polar surface area (TPSA) is 56.1 Å². The number of hydrogen-bond acceptors (Lipinski definition) is 3. The molecule has 3 aromatic carbocycles. The smallest absolute Gasteiger partial charge is 0.224 e. The lowest BCUT2D eigenvalue weighted by Gasteiger charge is -2.11. The van der Waals surface area contributed by atoms with Gasteiger partial charge in [-0.15, -0.1) is 0 Å². The molecule has 0 saturated carbocycles. The van der Waals surface area contributed by atoms with Gasteiger partial charge < -0.3 is 14.6 Å². The molecule has 0 spiro atoms. The van der Waals surface area contributed by atoms with E-state index in [-0.39, 0.29) is 5.91 Å². The third-order valence-electron chi connectivity index (χ3n) is 5.73. The molecule has 34 heavy (non-hydrogen) atoms. The quantitative estimate of drug-likeness (QED) is 0.281. The zero-order valence-electron chi connectivity index (χ0n) is 19.5. The third kappa shape index (κ3) is 6.61. The average molecular weight is 476 g/mol. The molecule has 0 atom stereocenters. The fraction of sp³-hybridized carbons (Fsp3) is 0.286. The molecule has 0 bridgehead atoms. The Balaban J connectivity index is 1.28. The van der Waals surface area contributed by atoms with Crippen molar-refractivity contribution in [1.29, 1.82) is 0 Å². The number of nitrogens with zero attached hydrogens (tertiary/aromatic N) is 2. The van der Waals surface area contributed by atoms with Crippen molar-refractivity contribution in [1.82, 2.24) is 14.9 Å². The number of benzene rings is 3. The Kier molecular flexibility index (Phi) is 8.21. The minimum absolute atomic E-state index is 0.0177. The first-order chi connectivity index (χ1) is 16.6. The molecule has 0 unspecified atom stereocenters. The lowest BCUT2D eigenvalue weighted by atomic mass is 10.1. The summed E-state index contributed by atoms with van der Waals surface area (Å²) < 4.78 is 8.18. The molecule has 6 heteroatoms. The molecular weight excluding hydrogens is 446 g/mol. The first kappa shape index (κ1) is 23.8. The van der Waals surface area contributed by atoms with Crippen LogP contribution in [-0.2, 0) is 24.2 Å². The minimum Gasteiger partial charge on any atom is -0.494 e. The molecule has 1 heterocycles. The molecule has 4 aromatic rings. The number of rotatable bonds is 11. The van der Waals surface area contributed by atoms with Crippen LogP contribution in [0.4, 0.5) is 0 Å². The standard InChI is InChI=1S/C28H30ClN3O2/c1-21-9-15-24(16-10-21)34-19-5-18-32-26-7-3-2-6-25(26)31-27(32)8-4-17-30-28(33)20-22-11-13-23(29)14-12-22/h2-3,6-7,9-16H,4-5,8,17-20H2,1H3,(H,30,33). The Morgan fingerprint density at radius 3 is 2.56 bits per heavy atom. The Morgan fingerprint density at radius 1 is 1.00 bits per heavy atom. The number of aromatic nitrogens is 2. The first-order valence-corrected chi connectivity index (χ1v) is 12.1. The number of ether oxygens (including phenoxy) is 1. The number of aryl methyl sites for hydroxylation is 3. The highest BCUT2D eigenvalue weighted by Crippen LogP contribution is 2.18. The number of nitrogens with one attached hydrogen (secondary N) is 1. The molecule has 0 aliphatic heterocycles. The zero-order chi connectivity index (χ0) is 23.8. The summed E-state index contributed by atoms with van der Waals surface area (Å²) in [6, 6.07) is 23.7. The van der Waals surface area contributed by atoms with Crippen molar-refractivity contribution in [2.24, 2.45) is 0 Å². The van der Waals surface area contributed by atoms with Crippen molar-refractivity contribution < 1.29 is 9.53 Å². The number of amides is 1. The highest BCUT2D eigenvalue weighted by Gasteiger charge is 2.11. The van der Waals surface area contributed by atoms with Crippen LogP contribution in [0.15, 0.2) is 72.8 Å². The van der Waals surface area contributed by atoms with E-state index in [0.29, 0.717) is 24.6 Å². The molecule has 0 saturated heterocycles. The van der Waals surface area contributed by atoms with E-state index in [1.54, 1.807) is 12.1 Å². The highest BCUT2D eigenvalue weighted by atomic mass is 35.5. The summed E-state index contributed by atoms with van der Waals surface area (Å²) in [6.45, 7) is 4.17. The van der Waals surface area contributed by atoms with Gasteiger partial charge in [-0.1, -0.05) is 53.6 Å². The predicted octanol–water partition coefficient (Wildman–Crippen LogP) is 5.76. The molecule has 0 fully saturated rings. The molecule has 1 N–H and O–H groups in total. The van der Waals surface area contributed by atoms with Gasteiger partial charge in [0.15, 0.2) is 0 Å². The normalized spacial score (nSPS) is 11.0. The summed E-state index contributed by atoms with van der Waals surface area (Å²) in [6.07, 6.45) is 2.87. The van der Waals surface area contributed by atoms with E-state index in [9.17, 15) is 4.79 Å². The van der Waals surface area contributed by atoms with Gasteiger partial charge in [0.05, 0.1) is 24.1 Å². The van der Waals surface area contributed by atoms with Gasteiger partial charge in [0, 0.05) is 24.5 Å². The van der Waals surface area contributed by atoms with Crippen molar-refractivity contribution in [3.05, 3.63) is 94.8 Å². The number of imidazole rings is 1. The molecular formula is C28H30ClN3O2. The van der Waals surface area contributed by atoms with E-state index in [1.165, 1.54) is 5.56 Å². The van der Waals surface area contributed by atoms with Crippen molar-refractivity contribution in [3.8, 4) is 5.75 Å². The number of carbonyl (C=O) groups is 1. The third-order valence-corrected chi connectivity index (χ3v) is 5.98. The van der Waals surface area contributed by atoms with Crippen LogP contribution < -0.4 is 10.1 Å². The Labute approximate surface area is 205 Å². The van der Waals surface area contributed by atoms with Crippen LogP contribution in [0.2, 0.25) is 5.02 Å². The fourth-order valence-corrected chi connectivity index (χ4v) is 4.06. The summed E-state index contributed by atoms with van der Waals surface area (Å²) in [7, 11) is 0. The van der Waals surface area contributed by atoms with E-state index in [0.717, 1.165) is 54.0 Å². The van der Waals surface area contributed by atoms with E-state index < -0.39 is 0 Å². The molecule has 0 radical (unpaired) electrons. The molecule has 1 amide bonds. The molecule has 5 nitrogen and oxygen atoms in total. The van der Waals surface area contributed by atoms with Crippen LogP contribution >= 0.6 is 11.6 Å². The summed E-state index contributed by atoms with van der Waals surface area (Å²) >= 11 is 5.91. The van der Waals surface area contributed by atoms with E-state index in [4.69, 9.17) is 21.3 Å². The molecule has 176 valence electrons. The number of halogens is 1. The average Bonchev–Trinajstić information content (AvgIpc) is 3.19. The van der Waals surface area contributed by atoms with Crippen molar-refractivity contribution in [3.63, 3.8) is 0 Å². The van der Waals surface area contributed by atoms with Crippen molar-refractivity contribution in [2.45, 2.75) is 39.2 Å². The molecule has 0 aliphatic rings. The Bertz CT molecular complexity index is 1220. The fourth-order valence-electron chi connectivity index (χ4n) is 3.94. The van der Waals surface area contributed by atoms with Gasteiger partial charge in [-0.05, 0) is 61.7 Å². The summed E-state index contributed by atoms with van der Waals surface area (Å²) in [5, 5.41) is 3.69. The van der Waals surface area contributed by atoms with Crippen LogP contribution in [0.5, 0.6) is 5.75 Å². The van der Waals surface area contributed by atoms with Crippen molar-refractivity contribution in [2.75, 3.05) is 13.2 Å². The lowest BCUT2D eigenvalue weighted by molar-refractivity contribution is -0.120. The van der Waals surface area contributed by atoms with E-state index in [2.05, 4.69) is 35.0 Å². The maximum Gasteiger partial charge on any atom is 0.224 e. The SMILES string of the molecule is Cc1ccc(OCCCn2c(CCCNC(=O)Cc3ccc(Cl)cc3)nc3ccccc32)cc1. The van der Waals surface area contributed by atoms with Crippen LogP contribution in [0, 0.1) is 6.92 Å². The maximum atomic E-state index is 12.2. The number of fused-ring (bicyclic) bond motifs is 1. The zero-order valence-corrected chi connectivity index (χ0v) is 20.2. The number of para-hydroxylation sites is 2. The maximum absolute atomic E-state index is 12.2. The van der Waals surface area contributed by atoms with Crippen LogP contribution in [-0.4, -0.2) is 28.6 Å². The Morgan fingerprint density at radius 2 is 1.76 bits per heavy atom. The van der Waals surface area contributed by atoms with Gasteiger partial charge >= 0.3 is 0 Å². The van der Waals surface area contributed by atoms with Crippen LogP contribution in [0.1, 0.15) is 29.8 Å². The van der Waals surface area contributed by atoms with Crippen molar-refractivity contribution >= 4 is 28.5 Å².